The molecule has 8 atom stereocenters. The number of fused-ring (bicyclic) bond motifs is 5. The molecule has 0 heterocycles. The summed E-state index contributed by atoms with van der Waals surface area (Å²) >= 11 is 0. The van der Waals surface area contributed by atoms with Crippen molar-refractivity contribution in [3.8, 4) is 0 Å². The summed E-state index contributed by atoms with van der Waals surface area (Å²) in [6.07, 6.45) is 13.3. The zero-order valence-corrected chi connectivity index (χ0v) is 15.1. The minimum absolute atomic E-state index is 0.0547. The van der Waals surface area contributed by atoms with Gasteiger partial charge in [-0.05, 0) is 91.8 Å². The highest BCUT2D eigenvalue weighted by atomic mass is 16.3. The second-order valence-corrected chi connectivity index (χ2v) is 9.88. The molecule has 4 aliphatic rings. The van der Waals surface area contributed by atoms with Crippen LogP contribution in [0.5, 0.6) is 0 Å². The molecule has 0 unspecified atom stereocenters. The van der Waals surface area contributed by atoms with Crippen molar-refractivity contribution in [1.82, 2.24) is 0 Å². The Bertz CT molecular complexity index is 449. The van der Waals surface area contributed by atoms with E-state index in [9.17, 15) is 10.2 Å². The van der Waals surface area contributed by atoms with Crippen molar-refractivity contribution in [3.63, 3.8) is 0 Å². The first-order valence-electron chi connectivity index (χ1n) is 10.3. The zero-order valence-electron chi connectivity index (χ0n) is 15.1. The van der Waals surface area contributed by atoms with Gasteiger partial charge in [0, 0.05) is 0 Å². The van der Waals surface area contributed by atoms with Crippen LogP contribution in [0.15, 0.2) is 0 Å². The number of hydrogen-bond donors (Lipinski definition) is 2. The zero-order chi connectivity index (χ0) is 16.2. The molecule has 4 rings (SSSR count). The fourth-order valence-corrected chi connectivity index (χ4v) is 8.10. The Hall–Kier alpha value is -0.0800. The van der Waals surface area contributed by atoms with E-state index >= 15 is 0 Å². The van der Waals surface area contributed by atoms with Crippen LogP contribution in [0.25, 0.3) is 0 Å². The molecule has 0 aromatic rings. The van der Waals surface area contributed by atoms with Gasteiger partial charge >= 0.3 is 0 Å². The summed E-state index contributed by atoms with van der Waals surface area (Å²) in [6.45, 7) is 5.02. The van der Waals surface area contributed by atoms with Crippen LogP contribution < -0.4 is 0 Å². The topological polar surface area (TPSA) is 40.5 Å². The predicted molar refractivity (Wildman–Crippen MR) is 92.9 cm³/mol. The molecular weight excluding hydrogens is 284 g/mol. The van der Waals surface area contributed by atoms with E-state index in [0.717, 1.165) is 30.1 Å². The molecule has 0 spiro atoms. The molecule has 2 heteroatoms. The van der Waals surface area contributed by atoms with Crippen molar-refractivity contribution >= 4 is 0 Å². The largest absolute Gasteiger partial charge is 0.394 e. The van der Waals surface area contributed by atoms with Crippen molar-refractivity contribution < 1.29 is 10.2 Å². The van der Waals surface area contributed by atoms with E-state index in [0.29, 0.717) is 11.3 Å². The molecule has 0 aromatic heterocycles. The first-order valence-corrected chi connectivity index (χ1v) is 10.3. The van der Waals surface area contributed by atoms with Gasteiger partial charge in [-0.1, -0.05) is 26.7 Å². The molecule has 2 N–H and O–H groups in total. The lowest BCUT2D eigenvalue weighted by atomic mass is 9.45. The van der Waals surface area contributed by atoms with Crippen LogP contribution in [-0.2, 0) is 0 Å². The Balaban J connectivity index is 1.60. The number of hydrogen-bond acceptors (Lipinski definition) is 2. The molecular formula is C21H36O2. The first kappa shape index (κ1) is 16.4. The molecule has 0 amide bonds. The Morgan fingerprint density at radius 2 is 1.65 bits per heavy atom. The monoisotopic (exact) mass is 320 g/mol. The normalized spacial score (nSPS) is 54.0. The minimum atomic E-state index is -0.497. The van der Waals surface area contributed by atoms with Crippen LogP contribution >= 0.6 is 0 Å². The van der Waals surface area contributed by atoms with Crippen molar-refractivity contribution in [2.24, 2.45) is 40.4 Å². The lowest BCUT2D eigenvalue weighted by molar-refractivity contribution is -0.122. The van der Waals surface area contributed by atoms with Crippen LogP contribution in [0.2, 0.25) is 0 Å². The molecule has 0 bridgehead atoms. The van der Waals surface area contributed by atoms with Gasteiger partial charge in [-0.25, -0.2) is 0 Å². The molecule has 23 heavy (non-hydrogen) atoms. The molecule has 4 aliphatic carbocycles. The van der Waals surface area contributed by atoms with Gasteiger partial charge in [0.05, 0.1) is 12.7 Å². The molecule has 0 radical (unpaired) electrons. The van der Waals surface area contributed by atoms with Crippen LogP contribution in [-0.4, -0.2) is 22.9 Å². The minimum Gasteiger partial charge on any atom is -0.394 e. The summed E-state index contributed by atoms with van der Waals surface area (Å²) in [4.78, 5) is 0. The molecule has 132 valence electrons. The Morgan fingerprint density at radius 3 is 2.43 bits per heavy atom. The quantitative estimate of drug-likeness (QED) is 0.792. The van der Waals surface area contributed by atoms with Gasteiger partial charge in [0.2, 0.25) is 0 Å². The van der Waals surface area contributed by atoms with E-state index in [1.165, 1.54) is 57.8 Å². The second-order valence-electron chi connectivity index (χ2n) is 9.88. The SMILES string of the molecule is C[C@]12CCCC[C@@H]1CC[C@@H]1[C@@H]2CC[C@]2(C)[C@@H]([C@H](O)CO)CC[C@@H]12. The summed E-state index contributed by atoms with van der Waals surface area (Å²) in [5.41, 5.74) is 0.886. The van der Waals surface area contributed by atoms with Gasteiger partial charge in [-0.2, -0.15) is 0 Å². The van der Waals surface area contributed by atoms with Gasteiger partial charge in [-0.3, -0.25) is 0 Å². The average Bonchev–Trinajstić information content (AvgIpc) is 2.91. The molecule has 4 saturated carbocycles. The van der Waals surface area contributed by atoms with Gasteiger partial charge in [0.25, 0.3) is 0 Å². The van der Waals surface area contributed by atoms with Gasteiger partial charge in [0.1, 0.15) is 0 Å². The van der Waals surface area contributed by atoms with Crippen molar-refractivity contribution in [1.29, 1.82) is 0 Å². The van der Waals surface area contributed by atoms with Crippen LogP contribution in [0.4, 0.5) is 0 Å². The fourth-order valence-electron chi connectivity index (χ4n) is 8.10. The molecule has 0 aromatic carbocycles. The van der Waals surface area contributed by atoms with Crippen LogP contribution in [0, 0.1) is 40.4 Å². The Morgan fingerprint density at radius 1 is 0.870 bits per heavy atom. The van der Waals surface area contributed by atoms with Crippen molar-refractivity contribution in [2.75, 3.05) is 6.61 Å². The van der Waals surface area contributed by atoms with Gasteiger partial charge in [-0.15, -0.1) is 0 Å². The second kappa shape index (κ2) is 5.73. The Kier molecular flexibility index (Phi) is 4.08. The molecule has 0 aliphatic heterocycles. The fraction of sp³-hybridized carbons (Fsp3) is 1.00. The van der Waals surface area contributed by atoms with E-state index in [1.807, 2.05) is 0 Å². The average molecular weight is 321 g/mol. The highest BCUT2D eigenvalue weighted by Crippen LogP contribution is 2.67. The third-order valence-electron chi connectivity index (χ3n) is 9.31. The smallest absolute Gasteiger partial charge is 0.0804 e. The van der Waals surface area contributed by atoms with Crippen molar-refractivity contribution in [3.05, 3.63) is 0 Å². The van der Waals surface area contributed by atoms with E-state index < -0.39 is 6.10 Å². The summed E-state index contributed by atoms with van der Waals surface area (Å²) in [5, 5.41) is 19.8. The van der Waals surface area contributed by atoms with Crippen molar-refractivity contribution in [2.45, 2.75) is 84.2 Å². The van der Waals surface area contributed by atoms with Crippen LogP contribution in [0.1, 0.15) is 78.1 Å². The highest BCUT2D eigenvalue weighted by molar-refractivity contribution is 5.09. The summed E-state index contributed by atoms with van der Waals surface area (Å²) < 4.78 is 0. The standard InChI is InChI=1S/C21H36O2/c1-20-11-4-3-5-14(20)6-7-15-16-8-9-18(19(23)13-22)21(16,2)12-10-17(15)20/h14-19,22-23H,3-13H2,1-2H3/t14-,15+,16+,17+,18-,19-,20+,21+/m1/s1. The predicted octanol–water partition coefficient (Wildman–Crippen LogP) is 4.39. The molecule has 2 nitrogen and oxygen atoms in total. The third kappa shape index (κ3) is 2.27. The number of aliphatic hydroxyl groups is 2. The van der Waals surface area contributed by atoms with E-state index in [2.05, 4.69) is 13.8 Å². The van der Waals surface area contributed by atoms with E-state index in [1.54, 1.807) is 0 Å². The maximum atomic E-state index is 10.3. The van der Waals surface area contributed by atoms with Gasteiger partial charge < -0.3 is 10.2 Å². The number of aliphatic hydroxyl groups excluding tert-OH is 2. The lowest BCUT2D eigenvalue weighted by Crippen LogP contribution is -2.53. The maximum absolute atomic E-state index is 10.3. The summed E-state index contributed by atoms with van der Waals surface area (Å²) in [7, 11) is 0. The Labute approximate surface area is 142 Å². The molecule has 0 saturated heterocycles. The summed E-state index contributed by atoms with van der Waals surface area (Å²) in [5.74, 6) is 3.94. The highest BCUT2D eigenvalue weighted by Gasteiger charge is 2.60. The maximum Gasteiger partial charge on any atom is 0.0804 e. The lowest BCUT2D eigenvalue weighted by Gasteiger charge is -2.60. The number of rotatable bonds is 2. The van der Waals surface area contributed by atoms with Gasteiger partial charge in [0.15, 0.2) is 0 Å². The van der Waals surface area contributed by atoms with E-state index in [4.69, 9.17) is 0 Å². The molecule has 4 fully saturated rings. The first-order chi connectivity index (χ1) is 11.0. The summed E-state index contributed by atoms with van der Waals surface area (Å²) in [6, 6.07) is 0. The third-order valence-corrected chi connectivity index (χ3v) is 9.31. The van der Waals surface area contributed by atoms with E-state index in [-0.39, 0.29) is 12.0 Å². The van der Waals surface area contributed by atoms with Crippen LogP contribution in [0.3, 0.4) is 0 Å².